The van der Waals surface area contributed by atoms with Crippen LogP contribution in [0.5, 0.6) is 0 Å². The van der Waals surface area contributed by atoms with Gasteiger partial charge in [-0.2, -0.15) is 0 Å². The van der Waals surface area contributed by atoms with Crippen LogP contribution in [0.2, 0.25) is 0 Å². The van der Waals surface area contributed by atoms with Crippen molar-refractivity contribution in [2.24, 2.45) is 0 Å². The quantitative estimate of drug-likeness (QED) is 0.817. The number of ether oxygens (including phenoxy) is 1. The lowest BCUT2D eigenvalue weighted by Gasteiger charge is -2.16. The van der Waals surface area contributed by atoms with Crippen molar-refractivity contribution in [3.63, 3.8) is 0 Å². The summed E-state index contributed by atoms with van der Waals surface area (Å²) < 4.78 is 5.56. The van der Waals surface area contributed by atoms with Crippen LogP contribution in [0.25, 0.3) is 0 Å². The second-order valence-corrected chi connectivity index (χ2v) is 4.05. The summed E-state index contributed by atoms with van der Waals surface area (Å²) in [7, 11) is 0. The maximum Gasteiger partial charge on any atom is 0.0700 e. The van der Waals surface area contributed by atoms with Gasteiger partial charge in [0.05, 0.1) is 6.10 Å². The molecule has 1 aliphatic rings. The standard InChI is InChI=1S/C12H18N2O/c1-10(11-4-6-13-7-5-11)14-9-12-3-2-8-15-12/h4-7,10,12,14H,2-3,8-9H2,1H3. The van der Waals surface area contributed by atoms with Gasteiger partial charge in [-0.15, -0.1) is 0 Å². The predicted octanol–water partition coefficient (Wildman–Crippen LogP) is 1.91. The molecule has 2 heterocycles. The lowest BCUT2D eigenvalue weighted by Crippen LogP contribution is -2.28. The van der Waals surface area contributed by atoms with Crippen LogP contribution in [0, 0.1) is 0 Å². The van der Waals surface area contributed by atoms with Gasteiger partial charge in [0.2, 0.25) is 0 Å². The zero-order chi connectivity index (χ0) is 10.5. The van der Waals surface area contributed by atoms with E-state index in [-0.39, 0.29) is 0 Å². The molecule has 1 N–H and O–H groups in total. The lowest BCUT2D eigenvalue weighted by atomic mass is 10.1. The third-order valence-corrected chi connectivity index (χ3v) is 2.88. The molecule has 15 heavy (non-hydrogen) atoms. The average Bonchev–Trinajstić information content (AvgIpc) is 2.80. The van der Waals surface area contributed by atoms with Crippen LogP contribution in [-0.4, -0.2) is 24.2 Å². The minimum absolute atomic E-state index is 0.372. The van der Waals surface area contributed by atoms with Crippen molar-refractivity contribution < 1.29 is 4.74 Å². The van der Waals surface area contributed by atoms with E-state index in [2.05, 4.69) is 17.2 Å². The smallest absolute Gasteiger partial charge is 0.0700 e. The summed E-state index contributed by atoms with van der Waals surface area (Å²) in [5, 5.41) is 3.49. The molecule has 1 aromatic heterocycles. The molecular formula is C12H18N2O. The van der Waals surface area contributed by atoms with Crippen LogP contribution < -0.4 is 5.32 Å². The Morgan fingerprint density at radius 1 is 1.53 bits per heavy atom. The lowest BCUT2D eigenvalue weighted by molar-refractivity contribution is 0.108. The van der Waals surface area contributed by atoms with Gasteiger partial charge < -0.3 is 10.1 Å². The Balaban J connectivity index is 1.79. The van der Waals surface area contributed by atoms with E-state index >= 15 is 0 Å². The monoisotopic (exact) mass is 206 g/mol. The fourth-order valence-corrected chi connectivity index (χ4v) is 1.88. The molecule has 1 fully saturated rings. The number of hydrogen-bond acceptors (Lipinski definition) is 3. The Hall–Kier alpha value is -0.930. The average molecular weight is 206 g/mol. The van der Waals surface area contributed by atoms with Crippen LogP contribution in [0.1, 0.15) is 31.4 Å². The number of rotatable bonds is 4. The molecule has 0 aromatic carbocycles. The molecule has 0 amide bonds. The van der Waals surface area contributed by atoms with Gasteiger partial charge in [-0.3, -0.25) is 4.98 Å². The Bertz CT molecular complexity index is 283. The minimum atomic E-state index is 0.372. The highest BCUT2D eigenvalue weighted by atomic mass is 16.5. The van der Waals surface area contributed by atoms with Gasteiger partial charge in [-0.1, -0.05) is 0 Å². The molecule has 1 aromatic rings. The third kappa shape index (κ3) is 3.01. The van der Waals surface area contributed by atoms with E-state index in [0.29, 0.717) is 12.1 Å². The maximum atomic E-state index is 5.56. The number of hydrogen-bond donors (Lipinski definition) is 1. The SMILES string of the molecule is CC(NCC1CCCO1)c1ccncc1. The summed E-state index contributed by atoms with van der Waals surface area (Å²) >= 11 is 0. The second-order valence-electron chi connectivity index (χ2n) is 4.05. The highest BCUT2D eigenvalue weighted by molar-refractivity contribution is 5.13. The Kier molecular flexibility index (Phi) is 3.69. The van der Waals surface area contributed by atoms with Crippen LogP contribution in [-0.2, 0) is 4.74 Å². The predicted molar refractivity (Wildman–Crippen MR) is 59.6 cm³/mol. The van der Waals surface area contributed by atoms with E-state index < -0.39 is 0 Å². The van der Waals surface area contributed by atoms with Gasteiger partial charge >= 0.3 is 0 Å². The van der Waals surface area contributed by atoms with E-state index in [1.165, 1.54) is 18.4 Å². The first-order valence-corrected chi connectivity index (χ1v) is 5.61. The molecule has 0 aliphatic carbocycles. The van der Waals surface area contributed by atoms with Crippen molar-refractivity contribution in [3.8, 4) is 0 Å². The van der Waals surface area contributed by atoms with E-state index in [0.717, 1.165) is 13.2 Å². The largest absolute Gasteiger partial charge is 0.377 e. The summed E-state index contributed by atoms with van der Waals surface area (Å²) in [5.41, 5.74) is 1.28. The summed E-state index contributed by atoms with van der Waals surface area (Å²) in [5.74, 6) is 0. The highest BCUT2D eigenvalue weighted by Gasteiger charge is 2.16. The molecule has 3 nitrogen and oxygen atoms in total. The highest BCUT2D eigenvalue weighted by Crippen LogP contribution is 2.14. The molecular weight excluding hydrogens is 188 g/mol. The molecule has 3 heteroatoms. The van der Waals surface area contributed by atoms with Crippen molar-refractivity contribution in [2.75, 3.05) is 13.2 Å². The first kappa shape index (κ1) is 10.6. The van der Waals surface area contributed by atoms with Gasteiger partial charge in [-0.05, 0) is 37.5 Å². The van der Waals surface area contributed by atoms with Crippen LogP contribution in [0.3, 0.4) is 0 Å². The second kappa shape index (κ2) is 5.24. The van der Waals surface area contributed by atoms with E-state index in [1.54, 1.807) is 0 Å². The number of aromatic nitrogens is 1. The van der Waals surface area contributed by atoms with Crippen molar-refractivity contribution in [1.82, 2.24) is 10.3 Å². The molecule has 2 atom stereocenters. The molecule has 0 bridgehead atoms. The summed E-state index contributed by atoms with van der Waals surface area (Å²) in [6.45, 7) is 4.05. The van der Waals surface area contributed by atoms with Gasteiger partial charge in [0.1, 0.15) is 0 Å². The molecule has 2 unspecified atom stereocenters. The summed E-state index contributed by atoms with van der Waals surface area (Å²) in [4.78, 5) is 4.01. The summed E-state index contributed by atoms with van der Waals surface area (Å²) in [6.07, 6.45) is 6.47. The summed E-state index contributed by atoms with van der Waals surface area (Å²) in [6, 6.07) is 4.47. The molecule has 82 valence electrons. The van der Waals surface area contributed by atoms with Gasteiger partial charge in [0.25, 0.3) is 0 Å². The zero-order valence-electron chi connectivity index (χ0n) is 9.15. The zero-order valence-corrected chi connectivity index (χ0v) is 9.15. The first-order chi connectivity index (χ1) is 7.36. The fourth-order valence-electron chi connectivity index (χ4n) is 1.88. The van der Waals surface area contributed by atoms with Crippen molar-refractivity contribution >= 4 is 0 Å². The van der Waals surface area contributed by atoms with Crippen LogP contribution in [0.15, 0.2) is 24.5 Å². The van der Waals surface area contributed by atoms with Crippen molar-refractivity contribution in [1.29, 1.82) is 0 Å². The molecule has 0 radical (unpaired) electrons. The molecule has 0 spiro atoms. The van der Waals surface area contributed by atoms with Gasteiger partial charge in [-0.25, -0.2) is 0 Å². The molecule has 1 aliphatic heterocycles. The van der Waals surface area contributed by atoms with Crippen molar-refractivity contribution in [2.45, 2.75) is 31.9 Å². The number of pyridine rings is 1. The van der Waals surface area contributed by atoms with E-state index in [9.17, 15) is 0 Å². The topological polar surface area (TPSA) is 34.1 Å². The first-order valence-electron chi connectivity index (χ1n) is 5.61. The number of nitrogens with one attached hydrogen (secondary N) is 1. The number of nitrogens with zero attached hydrogens (tertiary/aromatic N) is 1. The Morgan fingerprint density at radius 2 is 2.33 bits per heavy atom. The molecule has 2 rings (SSSR count). The normalized spacial score (nSPS) is 22.9. The van der Waals surface area contributed by atoms with Crippen molar-refractivity contribution in [3.05, 3.63) is 30.1 Å². The minimum Gasteiger partial charge on any atom is -0.377 e. The fraction of sp³-hybridized carbons (Fsp3) is 0.583. The van der Waals surface area contributed by atoms with E-state index in [1.807, 2.05) is 24.5 Å². The molecule has 0 saturated carbocycles. The van der Waals surface area contributed by atoms with Crippen LogP contribution in [0.4, 0.5) is 0 Å². The van der Waals surface area contributed by atoms with E-state index in [4.69, 9.17) is 4.74 Å². The molecule has 1 saturated heterocycles. The Morgan fingerprint density at radius 3 is 3.00 bits per heavy atom. The maximum absolute atomic E-state index is 5.56. The van der Waals surface area contributed by atoms with Gasteiger partial charge in [0, 0.05) is 31.6 Å². The third-order valence-electron chi connectivity index (χ3n) is 2.88. The Labute approximate surface area is 90.9 Å². The van der Waals surface area contributed by atoms with Gasteiger partial charge in [0.15, 0.2) is 0 Å². The van der Waals surface area contributed by atoms with Crippen LogP contribution >= 0.6 is 0 Å².